The average molecular weight is 303 g/mol. The number of benzene rings is 1. The van der Waals surface area contributed by atoms with Crippen molar-refractivity contribution in [2.75, 3.05) is 26.8 Å². The quantitative estimate of drug-likeness (QED) is 0.736. The van der Waals surface area contributed by atoms with Crippen LogP contribution in [0.15, 0.2) is 18.2 Å². The van der Waals surface area contributed by atoms with E-state index in [2.05, 4.69) is 10.6 Å². The van der Waals surface area contributed by atoms with Crippen LogP contribution in [-0.2, 0) is 20.7 Å². The first-order valence-corrected chi connectivity index (χ1v) is 6.37. The van der Waals surface area contributed by atoms with Gasteiger partial charge in [-0.2, -0.15) is 0 Å². The Balaban J connectivity index is 2.39. The molecule has 1 aromatic carbocycles. The molecule has 2 amide bonds. The van der Waals surface area contributed by atoms with Gasteiger partial charge in [0.2, 0.25) is 11.8 Å². The summed E-state index contributed by atoms with van der Waals surface area (Å²) in [4.78, 5) is 22.9. The van der Waals surface area contributed by atoms with E-state index in [1.54, 1.807) is 0 Å². The minimum absolute atomic E-state index is 0.117. The zero-order chi connectivity index (χ0) is 15.0. The van der Waals surface area contributed by atoms with Gasteiger partial charge in [0.1, 0.15) is 5.82 Å². The number of hydrogen-bond donors (Lipinski definition) is 2. The number of rotatable bonds is 7. The molecule has 0 saturated heterocycles. The second-order valence-corrected chi connectivity index (χ2v) is 4.40. The Morgan fingerprint density at radius 2 is 2.05 bits per heavy atom. The molecular weight excluding hydrogens is 287 g/mol. The summed E-state index contributed by atoms with van der Waals surface area (Å²) in [6, 6.07) is 4.19. The van der Waals surface area contributed by atoms with E-state index in [0.717, 1.165) is 0 Å². The van der Waals surface area contributed by atoms with Crippen molar-refractivity contribution in [1.29, 1.82) is 0 Å². The average Bonchev–Trinajstić information content (AvgIpc) is 2.41. The van der Waals surface area contributed by atoms with Crippen LogP contribution in [0, 0.1) is 5.82 Å². The van der Waals surface area contributed by atoms with Gasteiger partial charge in [-0.1, -0.05) is 17.7 Å². The van der Waals surface area contributed by atoms with Gasteiger partial charge < -0.3 is 15.4 Å². The van der Waals surface area contributed by atoms with Gasteiger partial charge in [0.05, 0.1) is 19.6 Å². The van der Waals surface area contributed by atoms with Crippen molar-refractivity contribution >= 4 is 23.4 Å². The molecule has 7 heteroatoms. The summed E-state index contributed by atoms with van der Waals surface area (Å²) in [5, 5.41) is 5.13. The fourth-order valence-corrected chi connectivity index (χ4v) is 1.69. The van der Waals surface area contributed by atoms with E-state index < -0.39 is 11.7 Å². The Bertz CT molecular complexity index is 462. The Hall–Kier alpha value is -1.66. The van der Waals surface area contributed by atoms with Crippen molar-refractivity contribution in [3.05, 3.63) is 34.6 Å². The minimum Gasteiger partial charge on any atom is -0.383 e. The highest BCUT2D eigenvalue weighted by molar-refractivity contribution is 6.31. The van der Waals surface area contributed by atoms with Crippen LogP contribution in [-0.4, -0.2) is 38.6 Å². The summed E-state index contributed by atoms with van der Waals surface area (Å²) in [6.45, 7) is 0.587. The maximum absolute atomic E-state index is 13.5. The predicted molar refractivity (Wildman–Crippen MR) is 73.0 cm³/mol. The lowest BCUT2D eigenvalue weighted by molar-refractivity contribution is -0.125. The molecule has 2 N–H and O–H groups in total. The highest BCUT2D eigenvalue weighted by Gasteiger charge is 2.12. The number of nitrogens with one attached hydrogen (secondary N) is 2. The van der Waals surface area contributed by atoms with Gasteiger partial charge in [-0.3, -0.25) is 9.59 Å². The largest absolute Gasteiger partial charge is 0.383 e. The molecule has 0 aromatic heterocycles. The van der Waals surface area contributed by atoms with Crippen molar-refractivity contribution in [3.8, 4) is 0 Å². The van der Waals surface area contributed by atoms with Gasteiger partial charge in [0, 0.05) is 24.2 Å². The highest BCUT2D eigenvalue weighted by atomic mass is 35.5. The number of ether oxygens (including phenoxy) is 1. The second kappa shape index (κ2) is 8.50. The first-order chi connectivity index (χ1) is 9.54. The Labute approximate surface area is 121 Å². The van der Waals surface area contributed by atoms with Gasteiger partial charge in [-0.05, 0) is 12.1 Å². The summed E-state index contributed by atoms with van der Waals surface area (Å²) < 4.78 is 18.2. The summed E-state index contributed by atoms with van der Waals surface area (Å²) in [6.07, 6.45) is -0.211. The molecule has 20 heavy (non-hydrogen) atoms. The molecule has 0 saturated carbocycles. The third-order valence-corrected chi connectivity index (χ3v) is 2.83. The van der Waals surface area contributed by atoms with Crippen LogP contribution in [0.1, 0.15) is 5.56 Å². The van der Waals surface area contributed by atoms with Crippen LogP contribution in [0.4, 0.5) is 4.39 Å². The molecule has 0 spiro atoms. The molecule has 0 bridgehead atoms. The first kappa shape index (κ1) is 16.4. The van der Waals surface area contributed by atoms with E-state index in [0.29, 0.717) is 13.2 Å². The molecule has 0 heterocycles. The molecule has 0 aliphatic heterocycles. The van der Waals surface area contributed by atoms with E-state index in [1.165, 1.54) is 25.3 Å². The maximum Gasteiger partial charge on any atom is 0.239 e. The second-order valence-electron chi connectivity index (χ2n) is 4.00. The molecule has 1 aromatic rings. The van der Waals surface area contributed by atoms with Gasteiger partial charge in [0.15, 0.2) is 0 Å². The van der Waals surface area contributed by atoms with Crippen molar-refractivity contribution in [2.24, 2.45) is 0 Å². The zero-order valence-electron chi connectivity index (χ0n) is 11.0. The van der Waals surface area contributed by atoms with Crippen LogP contribution in [0.2, 0.25) is 5.02 Å². The standard InChI is InChI=1S/C13H16ClFN2O3/c1-20-6-5-16-13(19)8-17-12(18)7-9-10(14)3-2-4-11(9)15/h2-4H,5-8H2,1H3,(H,16,19)(H,17,18). The van der Waals surface area contributed by atoms with E-state index >= 15 is 0 Å². The SMILES string of the molecule is COCCNC(=O)CNC(=O)Cc1c(F)cccc1Cl. The van der Waals surface area contributed by atoms with Gasteiger partial charge in [-0.15, -0.1) is 0 Å². The molecule has 0 aliphatic carbocycles. The van der Waals surface area contributed by atoms with Gasteiger partial charge in [-0.25, -0.2) is 4.39 Å². The number of carbonyl (C=O) groups is 2. The third kappa shape index (κ3) is 5.54. The summed E-state index contributed by atoms with van der Waals surface area (Å²) in [5.41, 5.74) is 0.117. The molecule has 0 fully saturated rings. The first-order valence-electron chi connectivity index (χ1n) is 5.99. The minimum atomic E-state index is -0.544. The molecule has 110 valence electrons. The molecule has 5 nitrogen and oxygen atoms in total. The molecule has 0 unspecified atom stereocenters. The van der Waals surface area contributed by atoms with Crippen LogP contribution in [0.3, 0.4) is 0 Å². The lowest BCUT2D eigenvalue weighted by Crippen LogP contribution is -2.38. The van der Waals surface area contributed by atoms with Crippen LogP contribution >= 0.6 is 11.6 Å². The highest BCUT2D eigenvalue weighted by Crippen LogP contribution is 2.19. The number of amides is 2. The lowest BCUT2D eigenvalue weighted by atomic mass is 10.1. The predicted octanol–water partition coefficient (Wildman–Crippen LogP) is 0.900. The van der Waals surface area contributed by atoms with Crippen molar-refractivity contribution < 1.29 is 18.7 Å². The van der Waals surface area contributed by atoms with Crippen LogP contribution in [0.5, 0.6) is 0 Å². The monoisotopic (exact) mass is 302 g/mol. The summed E-state index contributed by atoms with van der Waals surface area (Å²) in [5.74, 6) is -1.36. The zero-order valence-corrected chi connectivity index (χ0v) is 11.8. The molecular formula is C13H16ClFN2O3. The lowest BCUT2D eigenvalue weighted by Gasteiger charge is -2.08. The number of halogens is 2. The molecule has 0 radical (unpaired) electrons. The van der Waals surface area contributed by atoms with Crippen molar-refractivity contribution in [1.82, 2.24) is 10.6 Å². The van der Waals surface area contributed by atoms with E-state index in [-0.39, 0.29) is 29.5 Å². The topological polar surface area (TPSA) is 67.4 Å². The van der Waals surface area contributed by atoms with Crippen LogP contribution < -0.4 is 10.6 Å². The summed E-state index contributed by atoms with van der Waals surface area (Å²) in [7, 11) is 1.52. The molecule has 0 atom stereocenters. The van der Waals surface area contributed by atoms with Crippen LogP contribution in [0.25, 0.3) is 0 Å². The Morgan fingerprint density at radius 1 is 1.30 bits per heavy atom. The smallest absolute Gasteiger partial charge is 0.239 e. The number of hydrogen-bond acceptors (Lipinski definition) is 3. The molecule has 0 aliphatic rings. The van der Waals surface area contributed by atoms with Crippen molar-refractivity contribution in [3.63, 3.8) is 0 Å². The van der Waals surface area contributed by atoms with E-state index in [4.69, 9.17) is 16.3 Å². The van der Waals surface area contributed by atoms with Gasteiger partial charge in [0.25, 0.3) is 0 Å². The van der Waals surface area contributed by atoms with E-state index in [1.807, 2.05) is 0 Å². The maximum atomic E-state index is 13.5. The fourth-order valence-electron chi connectivity index (χ4n) is 1.46. The molecule has 1 rings (SSSR count). The van der Waals surface area contributed by atoms with Gasteiger partial charge >= 0.3 is 0 Å². The fraction of sp³-hybridized carbons (Fsp3) is 0.385. The van der Waals surface area contributed by atoms with E-state index in [9.17, 15) is 14.0 Å². The Morgan fingerprint density at radius 3 is 2.70 bits per heavy atom. The third-order valence-electron chi connectivity index (χ3n) is 2.47. The normalized spacial score (nSPS) is 10.2. The number of methoxy groups -OCH3 is 1. The summed E-state index contributed by atoms with van der Waals surface area (Å²) >= 11 is 5.81. The number of carbonyl (C=O) groups excluding carboxylic acids is 2. The van der Waals surface area contributed by atoms with Crippen molar-refractivity contribution in [2.45, 2.75) is 6.42 Å². The Kier molecular flexibility index (Phi) is 6.97.